The Morgan fingerprint density at radius 1 is 1.38 bits per heavy atom. The van der Waals surface area contributed by atoms with E-state index in [-0.39, 0.29) is 17.3 Å². The molecular weight excluding hydrogens is 353 g/mol. The smallest absolute Gasteiger partial charge is 0.184 e. The molecule has 0 aliphatic carbocycles. The number of methoxy groups -OCH3 is 1. The van der Waals surface area contributed by atoms with Crippen LogP contribution >= 0.6 is 23.8 Å². The molecule has 0 unspecified atom stereocenters. The van der Waals surface area contributed by atoms with E-state index in [0.717, 1.165) is 5.56 Å². The van der Waals surface area contributed by atoms with Gasteiger partial charge in [-0.25, -0.2) is 4.39 Å². The van der Waals surface area contributed by atoms with E-state index >= 15 is 0 Å². The summed E-state index contributed by atoms with van der Waals surface area (Å²) in [6.45, 7) is -0.0156. The third kappa shape index (κ3) is 4.81. The lowest BCUT2D eigenvalue weighted by molar-refractivity contribution is 0.280. The number of nitrogens with zero attached hydrogens (tertiary/aromatic N) is 1. The fourth-order valence-electron chi connectivity index (χ4n) is 1.87. The van der Waals surface area contributed by atoms with E-state index in [4.69, 9.17) is 26.8 Å². The van der Waals surface area contributed by atoms with Gasteiger partial charge in [0.1, 0.15) is 12.4 Å². The highest BCUT2D eigenvalue weighted by atomic mass is 35.5. The van der Waals surface area contributed by atoms with Gasteiger partial charge in [-0.05, 0) is 48.1 Å². The molecule has 0 saturated carbocycles. The summed E-state index contributed by atoms with van der Waals surface area (Å²) >= 11 is 10.6. The maximum Gasteiger partial charge on any atom is 0.184 e. The third-order valence-electron chi connectivity index (χ3n) is 3.01. The molecule has 0 atom stereocenters. The number of hydrogen-bond acceptors (Lipinski definition) is 4. The highest BCUT2D eigenvalue weighted by Gasteiger charge is 2.10. The van der Waals surface area contributed by atoms with E-state index in [0.29, 0.717) is 16.5 Å². The van der Waals surface area contributed by atoms with Gasteiger partial charge in [0.25, 0.3) is 0 Å². The molecule has 0 fully saturated rings. The second-order valence-electron chi connectivity index (χ2n) is 4.63. The van der Waals surface area contributed by atoms with Crippen LogP contribution < -0.4 is 20.6 Å². The van der Waals surface area contributed by atoms with E-state index in [1.54, 1.807) is 24.3 Å². The Labute approximate surface area is 149 Å². The Kier molecular flexibility index (Phi) is 6.34. The van der Waals surface area contributed by atoms with E-state index < -0.39 is 5.82 Å². The predicted molar refractivity (Wildman–Crippen MR) is 96.3 cm³/mol. The Bertz CT molecular complexity index is 751. The lowest BCUT2D eigenvalue weighted by Crippen LogP contribution is -2.23. The van der Waals surface area contributed by atoms with Crippen LogP contribution in [0.1, 0.15) is 11.1 Å². The zero-order chi connectivity index (χ0) is 17.5. The topological polar surface area (TPSA) is 68.9 Å². The molecular formula is C16H15ClFN3O2S. The lowest BCUT2D eigenvalue weighted by Gasteiger charge is -2.12. The van der Waals surface area contributed by atoms with Crippen LogP contribution in [0.4, 0.5) is 4.39 Å². The van der Waals surface area contributed by atoms with Crippen molar-refractivity contribution in [3.63, 3.8) is 0 Å². The first kappa shape index (κ1) is 18.0. The number of nitrogens with two attached hydrogens (primary N) is 1. The van der Waals surface area contributed by atoms with Gasteiger partial charge in [0, 0.05) is 5.56 Å². The van der Waals surface area contributed by atoms with Crippen LogP contribution in [0, 0.1) is 5.82 Å². The summed E-state index contributed by atoms with van der Waals surface area (Å²) in [5.74, 6) is 0.507. The van der Waals surface area contributed by atoms with Crippen molar-refractivity contribution in [3.8, 4) is 11.5 Å². The Hall–Kier alpha value is -2.38. The molecule has 0 bridgehead atoms. The van der Waals surface area contributed by atoms with Crippen LogP contribution in [0.15, 0.2) is 41.5 Å². The van der Waals surface area contributed by atoms with Gasteiger partial charge in [0.05, 0.1) is 18.3 Å². The number of ether oxygens (including phenoxy) is 2. The molecule has 0 aromatic heterocycles. The highest BCUT2D eigenvalue weighted by Crippen LogP contribution is 2.29. The van der Waals surface area contributed by atoms with Crippen LogP contribution in [-0.2, 0) is 6.61 Å². The van der Waals surface area contributed by atoms with Gasteiger partial charge in [-0.3, -0.25) is 5.43 Å². The fraction of sp³-hybridized carbons (Fsp3) is 0.125. The number of hydrazone groups is 1. The Morgan fingerprint density at radius 2 is 2.17 bits per heavy atom. The minimum Gasteiger partial charge on any atom is -0.493 e. The molecule has 24 heavy (non-hydrogen) atoms. The van der Waals surface area contributed by atoms with Gasteiger partial charge in [0.15, 0.2) is 16.6 Å². The number of halogens is 2. The van der Waals surface area contributed by atoms with Gasteiger partial charge >= 0.3 is 0 Å². The van der Waals surface area contributed by atoms with E-state index in [1.807, 2.05) is 0 Å². The second kappa shape index (κ2) is 8.47. The van der Waals surface area contributed by atoms with Crippen molar-refractivity contribution in [1.29, 1.82) is 0 Å². The van der Waals surface area contributed by atoms with Gasteiger partial charge in [-0.2, -0.15) is 5.10 Å². The van der Waals surface area contributed by atoms with Gasteiger partial charge in [-0.1, -0.05) is 17.7 Å². The van der Waals surface area contributed by atoms with Crippen molar-refractivity contribution >= 4 is 35.1 Å². The molecule has 3 N–H and O–H groups in total. The van der Waals surface area contributed by atoms with E-state index in [2.05, 4.69) is 22.7 Å². The average molecular weight is 368 g/mol. The summed E-state index contributed by atoms with van der Waals surface area (Å²) in [6.07, 6.45) is 1.53. The van der Waals surface area contributed by atoms with Crippen LogP contribution in [0.2, 0.25) is 5.02 Å². The number of rotatable bonds is 6. The molecule has 0 heterocycles. The Morgan fingerprint density at radius 3 is 2.83 bits per heavy atom. The standard InChI is InChI=1S/C16H15ClFN3O2S/c1-22-15-7-10(8-20-21-16(19)24)5-6-14(15)23-9-11-12(17)3-2-4-13(11)18/h2-8H,9H2,1H3,(H3,19,21,24). The van der Waals surface area contributed by atoms with Gasteiger partial charge < -0.3 is 15.2 Å². The molecule has 126 valence electrons. The molecule has 5 nitrogen and oxygen atoms in total. The minimum atomic E-state index is -0.422. The van der Waals surface area contributed by atoms with E-state index in [9.17, 15) is 4.39 Å². The van der Waals surface area contributed by atoms with Crippen LogP contribution in [0.25, 0.3) is 0 Å². The van der Waals surface area contributed by atoms with Crippen LogP contribution in [-0.4, -0.2) is 18.4 Å². The summed E-state index contributed by atoms with van der Waals surface area (Å²) < 4.78 is 24.7. The maximum absolute atomic E-state index is 13.8. The van der Waals surface area contributed by atoms with Crippen molar-refractivity contribution in [2.24, 2.45) is 10.8 Å². The fourth-order valence-corrected chi connectivity index (χ4v) is 2.14. The van der Waals surface area contributed by atoms with E-state index in [1.165, 1.54) is 25.5 Å². The quantitative estimate of drug-likeness (QED) is 0.466. The third-order valence-corrected chi connectivity index (χ3v) is 3.46. The molecule has 2 aromatic rings. The molecule has 0 spiro atoms. The maximum atomic E-state index is 13.8. The molecule has 0 aliphatic heterocycles. The summed E-state index contributed by atoms with van der Waals surface area (Å²) in [5, 5.41) is 4.23. The number of nitrogens with one attached hydrogen (secondary N) is 1. The SMILES string of the molecule is COc1cc(C=NNC(N)=S)ccc1OCc1c(F)cccc1Cl. The summed E-state index contributed by atoms with van der Waals surface area (Å²) in [6, 6.07) is 9.63. The van der Waals surface area contributed by atoms with Crippen LogP contribution in [0.5, 0.6) is 11.5 Å². The number of thiocarbonyl (C=S) groups is 1. The molecule has 2 aromatic carbocycles. The molecule has 2 rings (SSSR count). The second-order valence-corrected chi connectivity index (χ2v) is 5.48. The minimum absolute atomic E-state index is 0.0156. The van der Waals surface area contributed by atoms with Gasteiger partial charge in [0.2, 0.25) is 0 Å². The number of hydrogen-bond donors (Lipinski definition) is 2. The zero-order valence-electron chi connectivity index (χ0n) is 12.8. The zero-order valence-corrected chi connectivity index (χ0v) is 14.3. The van der Waals surface area contributed by atoms with Gasteiger partial charge in [-0.15, -0.1) is 0 Å². The molecule has 0 aliphatic rings. The summed E-state index contributed by atoms with van der Waals surface area (Å²) in [5.41, 5.74) is 8.76. The normalized spacial score (nSPS) is 10.6. The first-order chi connectivity index (χ1) is 11.5. The Balaban J connectivity index is 2.13. The van der Waals surface area contributed by atoms with Crippen molar-refractivity contribution < 1.29 is 13.9 Å². The first-order valence-electron chi connectivity index (χ1n) is 6.83. The van der Waals surface area contributed by atoms with Crippen molar-refractivity contribution in [2.45, 2.75) is 6.61 Å². The summed E-state index contributed by atoms with van der Waals surface area (Å²) in [7, 11) is 1.51. The molecule has 0 saturated heterocycles. The van der Waals surface area contributed by atoms with Crippen molar-refractivity contribution in [3.05, 3.63) is 58.4 Å². The first-order valence-corrected chi connectivity index (χ1v) is 7.62. The summed E-state index contributed by atoms with van der Waals surface area (Å²) in [4.78, 5) is 0. The predicted octanol–water partition coefficient (Wildman–Crippen LogP) is 3.23. The molecule has 8 heteroatoms. The van der Waals surface area contributed by atoms with Crippen molar-refractivity contribution in [2.75, 3.05) is 7.11 Å². The molecule has 0 amide bonds. The average Bonchev–Trinajstić information content (AvgIpc) is 2.54. The lowest BCUT2D eigenvalue weighted by atomic mass is 10.2. The monoisotopic (exact) mass is 367 g/mol. The number of benzene rings is 2. The van der Waals surface area contributed by atoms with Crippen LogP contribution in [0.3, 0.4) is 0 Å². The molecule has 0 radical (unpaired) electrons. The largest absolute Gasteiger partial charge is 0.493 e. The highest BCUT2D eigenvalue weighted by molar-refractivity contribution is 7.80. The van der Waals surface area contributed by atoms with Crippen molar-refractivity contribution in [1.82, 2.24) is 5.43 Å².